The predicted octanol–water partition coefficient (Wildman–Crippen LogP) is 7.84. The maximum atomic E-state index is 12.5. The Hall–Kier alpha value is -3.38. The van der Waals surface area contributed by atoms with Crippen molar-refractivity contribution in [2.75, 3.05) is 0 Å². The molecule has 4 aromatic rings. The summed E-state index contributed by atoms with van der Waals surface area (Å²) in [5.74, 6) is -0.0580. The van der Waals surface area contributed by atoms with Crippen molar-refractivity contribution in [3.8, 4) is 16.9 Å². The third-order valence-corrected chi connectivity index (χ3v) is 5.13. The Labute approximate surface area is 224 Å². The van der Waals surface area contributed by atoms with Gasteiger partial charge in [0.15, 0.2) is 0 Å². The third-order valence-electron chi connectivity index (χ3n) is 4.66. The van der Waals surface area contributed by atoms with Crippen molar-refractivity contribution in [1.82, 2.24) is 9.97 Å². The molecule has 0 unspecified atom stereocenters. The summed E-state index contributed by atoms with van der Waals surface area (Å²) in [7, 11) is 0.329. The second-order valence-corrected chi connectivity index (χ2v) is 8.55. The molecule has 0 fully saturated rings. The van der Waals surface area contributed by atoms with Crippen LogP contribution in [-0.4, -0.2) is 22.7 Å². The number of pyridine rings is 2. The van der Waals surface area contributed by atoms with Gasteiger partial charge in [0.2, 0.25) is 0 Å². The van der Waals surface area contributed by atoms with Crippen LogP contribution in [0.15, 0.2) is 89.7 Å². The third kappa shape index (κ3) is 10.5. The van der Waals surface area contributed by atoms with Gasteiger partial charge in [0.05, 0.1) is 11.1 Å². The van der Waals surface area contributed by atoms with Gasteiger partial charge in [-0.15, -0.1) is 0 Å². The van der Waals surface area contributed by atoms with Crippen molar-refractivity contribution in [2.24, 2.45) is 0 Å². The predicted molar refractivity (Wildman–Crippen MR) is 136 cm³/mol. The van der Waals surface area contributed by atoms with Crippen LogP contribution in [0.1, 0.15) is 22.5 Å². The molecule has 2 heterocycles. The largest absolute Gasteiger partial charge is 0.569 e. The van der Waals surface area contributed by atoms with Crippen molar-refractivity contribution in [1.29, 1.82) is 0 Å². The summed E-state index contributed by atoms with van der Waals surface area (Å²) in [6.45, 7) is 3.79. The van der Waals surface area contributed by atoms with E-state index in [1.807, 2.05) is 26.0 Å². The summed E-state index contributed by atoms with van der Waals surface area (Å²) < 4.78 is 79.2. The number of nitrogens with zero attached hydrogens (tertiary/aromatic N) is 2. The van der Waals surface area contributed by atoms with E-state index in [0.29, 0.717) is 18.8 Å². The van der Waals surface area contributed by atoms with Crippen molar-refractivity contribution in [3.63, 3.8) is 0 Å². The first-order valence-corrected chi connectivity index (χ1v) is 11.6. The highest BCUT2D eigenvalue weighted by Crippen LogP contribution is 2.32. The van der Waals surface area contributed by atoms with E-state index < -0.39 is 23.5 Å². The van der Waals surface area contributed by atoms with Crippen LogP contribution in [0.4, 0.5) is 26.3 Å². The van der Waals surface area contributed by atoms with E-state index in [0.717, 1.165) is 40.1 Å². The average Bonchev–Trinajstić information content (AvgIpc) is 2.87. The maximum absolute atomic E-state index is 12.5. The van der Waals surface area contributed by atoms with Crippen LogP contribution in [0.2, 0.25) is 0 Å². The lowest BCUT2D eigenvalue weighted by Gasteiger charge is -2.08. The average molecular weight is 598 g/mol. The number of benzene rings is 2. The fourth-order valence-corrected chi connectivity index (χ4v) is 3.00. The van der Waals surface area contributed by atoms with Crippen LogP contribution in [0.5, 0.6) is 5.75 Å². The second kappa shape index (κ2) is 14.0. The Bertz CT molecular complexity index is 1260. The SMILES string of the molecule is Cc1ccc(-c2cccc(C(F)(F)F)c2)cn1.Cc1ccc(Br)cn1.O[B]Oc1cccc(C(F)(F)F)c1. The minimum atomic E-state index is -4.39. The van der Waals surface area contributed by atoms with Crippen LogP contribution < -0.4 is 4.65 Å². The first-order chi connectivity index (χ1) is 17.8. The number of hydrogen-bond acceptors (Lipinski definition) is 4. The van der Waals surface area contributed by atoms with Crippen molar-refractivity contribution >= 4 is 23.6 Å². The van der Waals surface area contributed by atoms with Crippen molar-refractivity contribution in [3.05, 3.63) is 112 Å². The number of rotatable bonds is 3. The topological polar surface area (TPSA) is 55.2 Å². The van der Waals surface area contributed by atoms with Crippen LogP contribution >= 0.6 is 15.9 Å². The monoisotopic (exact) mass is 597 g/mol. The van der Waals surface area contributed by atoms with Crippen molar-refractivity contribution in [2.45, 2.75) is 26.2 Å². The molecule has 0 aliphatic rings. The summed E-state index contributed by atoms with van der Waals surface area (Å²) >= 11 is 3.28. The molecular weight excluding hydrogens is 577 g/mol. The summed E-state index contributed by atoms with van der Waals surface area (Å²) in [5.41, 5.74) is 1.63. The summed E-state index contributed by atoms with van der Waals surface area (Å²) in [5, 5.41) is 8.18. The molecule has 0 saturated heterocycles. The normalized spacial score (nSPS) is 10.9. The van der Waals surface area contributed by atoms with E-state index in [2.05, 4.69) is 30.6 Å². The minimum Gasteiger partial charge on any atom is -0.537 e. The Morgan fingerprint density at radius 1 is 0.711 bits per heavy atom. The molecule has 0 amide bonds. The zero-order chi connectivity index (χ0) is 28.3. The lowest BCUT2D eigenvalue weighted by atomic mass is 10.0. The number of halogens is 7. The van der Waals surface area contributed by atoms with Gasteiger partial charge in [-0.25, -0.2) is 0 Å². The molecular formula is C26H21BBrF6N2O2. The van der Waals surface area contributed by atoms with Gasteiger partial charge in [0.1, 0.15) is 5.75 Å². The molecule has 0 aliphatic carbocycles. The van der Waals surface area contributed by atoms with E-state index in [1.54, 1.807) is 30.6 Å². The summed E-state index contributed by atoms with van der Waals surface area (Å²) in [6, 6.07) is 16.9. The summed E-state index contributed by atoms with van der Waals surface area (Å²) in [6.07, 6.45) is -5.34. The molecule has 1 radical (unpaired) electrons. The molecule has 0 aliphatic heterocycles. The number of hydrogen-bond donors (Lipinski definition) is 1. The maximum Gasteiger partial charge on any atom is 0.569 e. The molecule has 1 N–H and O–H groups in total. The standard InChI is InChI=1S/C13H10F3N.C7H5BF3O2.C6H6BrN/c1-9-5-6-11(8-17-9)10-3-2-4-12(7-10)13(14,15)16;9-7(10,11)5-2-1-3-6(4-5)13-8-12;1-5-2-3-6(7)4-8-5/h2-8H,1H3;1-4,12H;2-4H,1H3. The zero-order valence-corrected chi connectivity index (χ0v) is 21.6. The fraction of sp³-hybridized carbons (Fsp3) is 0.154. The first kappa shape index (κ1) is 30.8. The number of aromatic nitrogens is 2. The van der Waals surface area contributed by atoms with Gasteiger partial charge in [-0.05, 0) is 83.9 Å². The van der Waals surface area contributed by atoms with Gasteiger partial charge in [-0.3, -0.25) is 9.97 Å². The highest BCUT2D eigenvalue weighted by Gasteiger charge is 2.31. The molecule has 2 aromatic carbocycles. The molecule has 4 nitrogen and oxygen atoms in total. The van der Waals surface area contributed by atoms with Crippen LogP contribution in [-0.2, 0) is 12.4 Å². The van der Waals surface area contributed by atoms with Gasteiger partial charge in [0, 0.05) is 33.8 Å². The molecule has 4 rings (SSSR count). The molecule has 199 valence electrons. The number of aryl methyl sites for hydroxylation is 2. The summed E-state index contributed by atoms with van der Waals surface area (Å²) in [4.78, 5) is 8.10. The number of alkyl halides is 6. The Kier molecular flexibility index (Phi) is 11.3. The van der Waals surface area contributed by atoms with E-state index in [9.17, 15) is 26.3 Å². The van der Waals surface area contributed by atoms with E-state index >= 15 is 0 Å². The van der Waals surface area contributed by atoms with Crippen LogP contribution in [0.25, 0.3) is 11.1 Å². The minimum absolute atomic E-state index is 0.0580. The van der Waals surface area contributed by atoms with E-state index in [1.165, 1.54) is 18.2 Å². The lowest BCUT2D eigenvalue weighted by molar-refractivity contribution is -0.138. The molecule has 2 aromatic heterocycles. The van der Waals surface area contributed by atoms with Gasteiger partial charge in [-0.1, -0.05) is 24.3 Å². The molecule has 0 bridgehead atoms. The Morgan fingerprint density at radius 3 is 1.74 bits per heavy atom. The van der Waals surface area contributed by atoms with Gasteiger partial charge < -0.3 is 9.68 Å². The fourth-order valence-electron chi connectivity index (χ4n) is 2.77. The molecule has 12 heteroatoms. The van der Waals surface area contributed by atoms with Gasteiger partial charge in [-0.2, -0.15) is 26.3 Å². The smallest absolute Gasteiger partial charge is 0.537 e. The molecule has 38 heavy (non-hydrogen) atoms. The van der Waals surface area contributed by atoms with E-state index in [4.69, 9.17) is 5.02 Å². The van der Waals surface area contributed by atoms with Gasteiger partial charge >= 0.3 is 20.0 Å². The lowest BCUT2D eigenvalue weighted by Crippen LogP contribution is -2.06. The van der Waals surface area contributed by atoms with Crippen LogP contribution in [0.3, 0.4) is 0 Å². The molecule has 0 saturated carbocycles. The highest BCUT2D eigenvalue weighted by molar-refractivity contribution is 9.10. The van der Waals surface area contributed by atoms with E-state index in [-0.39, 0.29) is 5.75 Å². The Morgan fingerprint density at radius 2 is 1.26 bits per heavy atom. The highest BCUT2D eigenvalue weighted by atomic mass is 79.9. The van der Waals surface area contributed by atoms with Crippen LogP contribution in [0, 0.1) is 13.8 Å². The van der Waals surface area contributed by atoms with Crippen molar-refractivity contribution < 1.29 is 36.0 Å². The Balaban J connectivity index is 0.000000214. The molecule has 0 atom stereocenters. The van der Waals surface area contributed by atoms with Gasteiger partial charge in [0.25, 0.3) is 0 Å². The second-order valence-electron chi connectivity index (χ2n) is 7.63. The zero-order valence-electron chi connectivity index (χ0n) is 20.1. The molecule has 0 spiro atoms. The first-order valence-electron chi connectivity index (χ1n) is 10.8. The quantitative estimate of drug-likeness (QED) is 0.193.